The van der Waals surface area contributed by atoms with Gasteiger partial charge in [0.05, 0.1) is 7.11 Å². The fourth-order valence-corrected chi connectivity index (χ4v) is 3.52. The Hall–Kier alpha value is -3.06. The van der Waals surface area contributed by atoms with Crippen LogP contribution < -0.4 is 4.74 Å². The topological polar surface area (TPSA) is 102 Å². The van der Waals surface area contributed by atoms with Crippen LogP contribution in [-0.2, 0) is 14.3 Å². The van der Waals surface area contributed by atoms with E-state index in [4.69, 9.17) is 14.2 Å². The van der Waals surface area contributed by atoms with Gasteiger partial charge in [-0.05, 0) is 50.1 Å². The van der Waals surface area contributed by atoms with E-state index in [1.807, 2.05) is 13.0 Å². The van der Waals surface area contributed by atoms with E-state index in [0.717, 1.165) is 0 Å². The first-order valence-electron chi connectivity index (χ1n) is 9.24. The molecule has 1 aromatic rings. The molecule has 0 unspecified atom stereocenters. The Bertz CT molecular complexity index is 927. The van der Waals surface area contributed by atoms with Gasteiger partial charge in [0, 0.05) is 18.1 Å². The fraction of sp³-hybridized carbons (Fsp3) is 0.364. The van der Waals surface area contributed by atoms with E-state index in [9.17, 15) is 19.8 Å². The number of hydrogen-bond donors (Lipinski definition) is 2. The van der Waals surface area contributed by atoms with Crippen molar-refractivity contribution in [1.82, 2.24) is 0 Å². The first-order valence-corrected chi connectivity index (χ1v) is 9.24. The van der Waals surface area contributed by atoms with Crippen LogP contribution in [0, 0.1) is 6.92 Å². The molecule has 3 rings (SSSR count). The van der Waals surface area contributed by atoms with E-state index in [1.165, 1.54) is 20.1 Å². The van der Waals surface area contributed by atoms with Gasteiger partial charge in [0.2, 0.25) is 0 Å². The Kier molecular flexibility index (Phi) is 5.53. The maximum Gasteiger partial charge on any atom is 0.342 e. The summed E-state index contributed by atoms with van der Waals surface area (Å²) in [4.78, 5) is 25.6. The number of carbonyl (C=O) groups excluding carboxylic acids is 2. The SMILES string of the molecule is C/C=C/C1=CC2=C(CO1)C(=O)[C@](C)(O)[C@@H](OC(=O)c1c(C)cc(OC)cc1O)C2. The third-order valence-corrected chi connectivity index (χ3v) is 5.16. The number of esters is 1. The number of methoxy groups -OCH3 is 1. The highest BCUT2D eigenvalue weighted by molar-refractivity contribution is 6.05. The second kappa shape index (κ2) is 7.75. The number of phenolic OH excluding ortho intramolecular Hbond substituents is 1. The molecule has 7 nitrogen and oxygen atoms in total. The maximum atomic E-state index is 12.8. The number of Topliss-reactive ketones (excluding diaryl/α,β-unsaturated/α-hetero) is 1. The number of allylic oxidation sites excluding steroid dienone is 3. The molecular formula is C22H24O7. The molecular weight excluding hydrogens is 376 g/mol. The van der Waals surface area contributed by atoms with Crippen LogP contribution in [0.15, 0.2) is 47.3 Å². The molecule has 1 aliphatic heterocycles. The second-order valence-electron chi connectivity index (χ2n) is 7.25. The van der Waals surface area contributed by atoms with Gasteiger partial charge in [0.25, 0.3) is 0 Å². The van der Waals surface area contributed by atoms with Crippen molar-refractivity contribution in [2.24, 2.45) is 0 Å². The van der Waals surface area contributed by atoms with E-state index in [-0.39, 0.29) is 24.3 Å². The van der Waals surface area contributed by atoms with Crippen molar-refractivity contribution in [3.8, 4) is 11.5 Å². The molecule has 0 spiro atoms. The van der Waals surface area contributed by atoms with Crippen LogP contribution in [0.4, 0.5) is 0 Å². The summed E-state index contributed by atoms with van der Waals surface area (Å²) in [5.74, 6) is -0.670. The molecule has 0 bridgehead atoms. The maximum absolute atomic E-state index is 12.8. The van der Waals surface area contributed by atoms with Crippen molar-refractivity contribution < 1.29 is 34.0 Å². The van der Waals surface area contributed by atoms with Crippen LogP contribution in [0.3, 0.4) is 0 Å². The number of phenols is 1. The quantitative estimate of drug-likeness (QED) is 0.749. The molecule has 2 aliphatic rings. The fourth-order valence-electron chi connectivity index (χ4n) is 3.52. The van der Waals surface area contributed by atoms with Crippen molar-refractivity contribution >= 4 is 11.8 Å². The largest absolute Gasteiger partial charge is 0.507 e. The lowest BCUT2D eigenvalue weighted by molar-refractivity contribution is -0.146. The highest BCUT2D eigenvalue weighted by atomic mass is 16.6. The summed E-state index contributed by atoms with van der Waals surface area (Å²) >= 11 is 0. The Morgan fingerprint density at radius 2 is 2.10 bits per heavy atom. The van der Waals surface area contributed by atoms with Crippen molar-refractivity contribution in [2.75, 3.05) is 13.7 Å². The monoisotopic (exact) mass is 400 g/mol. The van der Waals surface area contributed by atoms with Gasteiger partial charge in [-0.2, -0.15) is 0 Å². The van der Waals surface area contributed by atoms with Gasteiger partial charge in [0.15, 0.2) is 11.4 Å². The molecule has 29 heavy (non-hydrogen) atoms. The average Bonchev–Trinajstić information content (AvgIpc) is 2.65. The summed E-state index contributed by atoms with van der Waals surface area (Å²) in [5.41, 5.74) is -0.450. The second-order valence-corrected chi connectivity index (χ2v) is 7.25. The minimum Gasteiger partial charge on any atom is -0.507 e. The predicted molar refractivity (Wildman–Crippen MR) is 105 cm³/mol. The Labute approximate surface area is 168 Å². The van der Waals surface area contributed by atoms with Gasteiger partial charge >= 0.3 is 5.97 Å². The molecule has 154 valence electrons. The standard InChI is InChI=1S/C22H24O7/c1-5-6-14-8-13-9-18(22(3,26)20(24)16(13)11-28-14)29-21(25)19-12(2)7-15(27-4)10-17(19)23/h5-8,10,18,23,26H,9,11H2,1-4H3/b6-5+/t18-,22+/m0/s1. The number of hydrogen-bond acceptors (Lipinski definition) is 7. The van der Waals surface area contributed by atoms with Gasteiger partial charge in [-0.25, -0.2) is 4.79 Å². The Morgan fingerprint density at radius 1 is 1.38 bits per heavy atom. The molecule has 0 saturated heterocycles. The van der Waals surface area contributed by atoms with E-state index >= 15 is 0 Å². The van der Waals surface area contributed by atoms with E-state index in [2.05, 4.69) is 0 Å². The number of carbonyl (C=O) groups is 2. The zero-order chi connectivity index (χ0) is 21.3. The van der Waals surface area contributed by atoms with E-state index < -0.39 is 23.5 Å². The Morgan fingerprint density at radius 3 is 2.72 bits per heavy atom. The third kappa shape index (κ3) is 3.78. The van der Waals surface area contributed by atoms with Crippen LogP contribution in [0.2, 0.25) is 0 Å². The van der Waals surface area contributed by atoms with E-state index in [0.29, 0.717) is 28.2 Å². The summed E-state index contributed by atoms with van der Waals surface area (Å²) in [6, 6.07) is 2.89. The number of benzene rings is 1. The zero-order valence-electron chi connectivity index (χ0n) is 16.8. The number of aromatic hydroxyl groups is 1. The van der Waals surface area contributed by atoms with Crippen molar-refractivity contribution in [3.63, 3.8) is 0 Å². The van der Waals surface area contributed by atoms with Gasteiger partial charge in [-0.3, -0.25) is 4.79 Å². The molecule has 1 heterocycles. The van der Waals surface area contributed by atoms with Crippen LogP contribution in [0.25, 0.3) is 0 Å². The molecule has 0 radical (unpaired) electrons. The van der Waals surface area contributed by atoms with E-state index in [1.54, 1.807) is 25.1 Å². The van der Waals surface area contributed by atoms with Crippen LogP contribution in [0.5, 0.6) is 11.5 Å². The number of aryl methyl sites for hydroxylation is 1. The predicted octanol–water partition coefficient (Wildman–Crippen LogP) is 2.75. The van der Waals surface area contributed by atoms with Crippen LogP contribution >= 0.6 is 0 Å². The lowest BCUT2D eigenvalue weighted by atomic mass is 9.77. The lowest BCUT2D eigenvalue weighted by Gasteiger charge is -2.38. The zero-order valence-corrected chi connectivity index (χ0v) is 16.8. The number of ether oxygens (including phenoxy) is 3. The van der Waals surface area contributed by atoms with Crippen molar-refractivity contribution in [1.29, 1.82) is 0 Å². The summed E-state index contributed by atoms with van der Waals surface area (Å²) in [6.45, 7) is 4.86. The van der Waals surface area contributed by atoms with Gasteiger partial charge < -0.3 is 24.4 Å². The first-order chi connectivity index (χ1) is 13.7. The minimum absolute atomic E-state index is 0.0362. The van der Waals surface area contributed by atoms with Crippen LogP contribution in [0.1, 0.15) is 36.2 Å². The number of ketones is 1. The molecule has 2 atom stereocenters. The molecule has 0 amide bonds. The third-order valence-electron chi connectivity index (χ3n) is 5.16. The van der Waals surface area contributed by atoms with Gasteiger partial charge in [-0.15, -0.1) is 0 Å². The molecule has 0 fully saturated rings. The highest BCUT2D eigenvalue weighted by Crippen LogP contribution is 2.37. The minimum atomic E-state index is -1.90. The number of rotatable bonds is 4. The smallest absolute Gasteiger partial charge is 0.342 e. The number of aliphatic hydroxyl groups is 1. The Balaban J connectivity index is 1.91. The van der Waals surface area contributed by atoms with Crippen molar-refractivity contribution in [2.45, 2.75) is 38.9 Å². The molecule has 7 heteroatoms. The molecule has 2 N–H and O–H groups in total. The summed E-state index contributed by atoms with van der Waals surface area (Å²) in [6.07, 6.45) is 4.33. The van der Waals surface area contributed by atoms with Crippen LogP contribution in [-0.4, -0.2) is 47.4 Å². The molecule has 0 saturated carbocycles. The molecule has 0 aromatic heterocycles. The first kappa shape index (κ1) is 20.7. The van der Waals surface area contributed by atoms with Gasteiger partial charge in [-0.1, -0.05) is 6.08 Å². The molecule has 1 aromatic carbocycles. The van der Waals surface area contributed by atoms with Gasteiger partial charge in [0.1, 0.15) is 35.5 Å². The summed E-state index contributed by atoms with van der Waals surface area (Å²) < 4.78 is 16.1. The molecule has 1 aliphatic carbocycles. The average molecular weight is 400 g/mol. The highest BCUT2D eigenvalue weighted by Gasteiger charge is 2.48. The summed E-state index contributed by atoms with van der Waals surface area (Å²) in [7, 11) is 1.45. The summed E-state index contributed by atoms with van der Waals surface area (Å²) in [5, 5.41) is 21.0. The van der Waals surface area contributed by atoms with Crippen molar-refractivity contribution in [3.05, 3.63) is 58.4 Å². The normalized spacial score (nSPS) is 24.1. The lowest BCUT2D eigenvalue weighted by Crippen LogP contribution is -2.53.